The Morgan fingerprint density at radius 3 is 2.42 bits per heavy atom. The van der Waals surface area contributed by atoms with Crippen LogP contribution in [-0.4, -0.2) is 0 Å². The molecule has 0 saturated heterocycles. The first-order chi connectivity index (χ1) is 9.24. The van der Waals surface area contributed by atoms with E-state index in [0.717, 1.165) is 26.8 Å². The Labute approximate surface area is 118 Å². The summed E-state index contributed by atoms with van der Waals surface area (Å²) in [7, 11) is 0. The molecule has 0 atom stereocenters. The molecular weight excluding hydrogens is 307 g/mol. The zero-order chi connectivity index (χ0) is 13.2. The third kappa shape index (κ3) is 2.47. The molecule has 1 heterocycles. The molecule has 0 aliphatic heterocycles. The van der Waals surface area contributed by atoms with Gasteiger partial charge in [-0.2, -0.15) is 0 Å². The summed E-state index contributed by atoms with van der Waals surface area (Å²) in [6.45, 7) is 0. The largest absolute Gasteiger partial charge is 0.455 e. The molecule has 0 fully saturated rings. The quantitative estimate of drug-likeness (QED) is 0.608. The first-order valence-corrected chi connectivity index (χ1v) is 6.64. The lowest BCUT2D eigenvalue weighted by atomic mass is 10.2. The van der Waals surface area contributed by atoms with Gasteiger partial charge in [-0.1, -0.05) is 30.3 Å². The lowest BCUT2D eigenvalue weighted by Crippen LogP contribution is -1.74. The maximum Gasteiger partial charge on any atom is 0.142 e. The van der Waals surface area contributed by atoms with E-state index in [1.807, 2.05) is 36.4 Å². The molecule has 1 nitrogen and oxygen atoms in total. The van der Waals surface area contributed by atoms with Gasteiger partial charge in [-0.15, -0.1) is 0 Å². The monoisotopic (exact) mass is 316 g/mol. The summed E-state index contributed by atoms with van der Waals surface area (Å²) in [5, 5.41) is 1.04. The second-order valence-electron chi connectivity index (χ2n) is 4.16. The van der Waals surface area contributed by atoms with E-state index in [9.17, 15) is 4.39 Å². The Balaban J connectivity index is 1.97. The van der Waals surface area contributed by atoms with Gasteiger partial charge >= 0.3 is 0 Å². The SMILES string of the molecule is Fc1ccc(/C=C/c2oc3ccccc3c2Br)cc1. The van der Waals surface area contributed by atoms with Crippen LogP contribution in [0.25, 0.3) is 23.1 Å². The van der Waals surface area contributed by atoms with Crippen molar-refractivity contribution in [3.8, 4) is 0 Å². The lowest BCUT2D eigenvalue weighted by Gasteiger charge is -1.92. The van der Waals surface area contributed by atoms with Crippen LogP contribution in [0.1, 0.15) is 11.3 Å². The molecule has 3 heteroatoms. The van der Waals surface area contributed by atoms with Crippen LogP contribution in [0.5, 0.6) is 0 Å². The summed E-state index contributed by atoms with van der Waals surface area (Å²) in [6, 6.07) is 14.2. The standard InChI is InChI=1S/C16H10BrFO/c17-16-13-3-1-2-4-14(13)19-15(16)10-7-11-5-8-12(18)9-6-11/h1-10H/b10-7+. The van der Waals surface area contributed by atoms with E-state index in [1.165, 1.54) is 12.1 Å². The highest BCUT2D eigenvalue weighted by Gasteiger charge is 2.08. The molecule has 1 aromatic heterocycles. The van der Waals surface area contributed by atoms with Crippen molar-refractivity contribution in [3.05, 3.63) is 70.1 Å². The molecule has 0 N–H and O–H groups in total. The van der Waals surface area contributed by atoms with E-state index in [2.05, 4.69) is 15.9 Å². The van der Waals surface area contributed by atoms with Crippen LogP contribution in [0.15, 0.2) is 57.4 Å². The Morgan fingerprint density at radius 2 is 1.68 bits per heavy atom. The second kappa shape index (κ2) is 5.02. The molecule has 0 spiro atoms. The molecule has 0 radical (unpaired) electrons. The smallest absolute Gasteiger partial charge is 0.142 e. The Kier molecular flexibility index (Phi) is 3.22. The van der Waals surface area contributed by atoms with Crippen LogP contribution in [0.4, 0.5) is 4.39 Å². The van der Waals surface area contributed by atoms with Gasteiger partial charge in [-0.25, -0.2) is 4.39 Å². The second-order valence-corrected chi connectivity index (χ2v) is 4.95. The average molecular weight is 317 g/mol. The van der Waals surface area contributed by atoms with E-state index in [1.54, 1.807) is 12.1 Å². The third-order valence-electron chi connectivity index (χ3n) is 2.86. The molecule has 3 rings (SSSR count). The molecule has 0 unspecified atom stereocenters. The van der Waals surface area contributed by atoms with Crippen molar-refractivity contribution in [1.29, 1.82) is 0 Å². The molecule has 3 aromatic rings. The minimum atomic E-state index is -0.234. The fraction of sp³-hybridized carbons (Fsp3) is 0. The van der Waals surface area contributed by atoms with Gasteiger partial charge in [0.1, 0.15) is 17.2 Å². The Bertz CT molecular complexity index is 741. The van der Waals surface area contributed by atoms with Gasteiger partial charge in [0.15, 0.2) is 0 Å². The van der Waals surface area contributed by atoms with Crippen molar-refractivity contribution in [2.24, 2.45) is 0 Å². The average Bonchev–Trinajstić information content (AvgIpc) is 2.76. The van der Waals surface area contributed by atoms with E-state index in [4.69, 9.17) is 4.42 Å². The number of hydrogen-bond acceptors (Lipinski definition) is 1. The summed E-state index contributed by atoms with van der Waals surface area (Å²) in [5.41, 5.74) is 1.77. The van der Waals surface area contributed by atoms with Crippen LogP contribution >= 0.6 is 15.9 Å². The number of hydrogen-bond donors (Lipinski definition) is 0. The fourth-order valence-corrected chi connectivity index (χ4v) is 2.43. The van der Waals surface area contributed by atoms with Gasteiger partial charge in [0, 0.05) is 5.39 Å². The van der Waals surface area contributed by atoms with E-state index < -0.39 is 0 Å². The van der Waals surface area contributed by atoms with Crippen LogP contribution in [0.3, 0.4) is 0 Å². The molecule has 0 aliphatic carbocycles. The first-order valence-electron chi connectivity index (χ1n) is 5.85. The number of benzene rings is 2. The maximum atomic E-state index is 12.8. The van der Waals surface area contributed by atoms with Crippen molar-refractivity contribution in [3.63, 3.8) is 0 Å². The van der Waals surface area contributed by atoms with Crippen LogP contribution in [-0.2, 0) is 0 Å². The zero-order valence-electron chi connectivity index (χ0n) is 9.94. The minimum Gasteiger partial charge on any atom is -0.455 e. The Morgan fingerprint density at radius 1 is 0.947 bits per heavy atom. The van der Waals surface area contributed by atoms with Crippen LogP contribution < -0.4 is 0 Å². The maximum absolute atomic E-state index is 12.8. The molecule has 19 heavy (non-hydrogen) atoms. The van der Waals surface area contributed by atoms with E-state index in [0.29, 0.717) is 0 Å². The number of para-hydroxylation sites is 1. The molecule has 0 saturated carbocycles. The van der Waals surface area contributed by atoms with Gasteiger partial charge in [0.05, 0.1) is 4.47 Å². The summed E-state index contributed by atoms with van der Waals surface area (Å²) in [6.07, 6.45) is 3.76. The van der Waals surface area contributed by atoms with Gasteiger partial charge in [-0.05, 0) is 51.8 Å². The highest BCUT2D eigenvalue weighted by Crippen LogP contribution is 2.31. The number of halogens is 2. The van der Waals surface area contributed by atoms with Crippen LogP contribution in [0, 0.1) is 5.82 Å². The summed E-state index contributed by atoms with van der Waals surface area (Å²) in [4.78, 5) is 0. The fourth-order valence-electron chi connectivity index (χ4n) is 1.89. The van der Waals surface area contributed by atoms with Gasteiger partial charge in [0.2, 0.25) is 0 Å². The van der Waals surface area contributed by atoms with Crippen molar-refractivity contribution >= 4 is 39.1 Å². The predicted molar refractivity (Wildman–Crippen MR) is 79.2 cm³/mol. The molecule has 0 amide bonds. The third-order valence-corrected chi connectivity index (χ3v) is 3.67. The topological polar surface area (TPSA) is 13.1 Å². The number of fused-ring (bicyclic) bond motifs is 1. The highest BCUT2D eigenvalue weighted by atomic mass is 79.9. The van der Waals surface area contributed by atoms with E-state index in [-0.39, 0.29) is 5.82 Å². The summed E-state index contributed by atoms with van der Waals surface area (Å²) < 4.78 is 19.5. The van der Waals surface area contributed by atoms with E-state index >= 15 is 0 Å². The first kappa shape index (κ1) is 12.2. The molecule has 94 valence electrons. The van der Waals surface area contributed by atoms with Crippen molar-refractivity contribution in [2.75, 3.05) is 0 Å². The number of rotatable bonds is 2. The molecule has 0 aliphatic rings. The minimum absolute atomic E-state index is 0.234. The van der Waals surface area contributed by atoms with Crippen LogP contribution in [0.2, 0.25) is 0 Å². The van der Waals surface area contributed by atoms with Crippen molar-refractivity contribution in [2.45, 2.75) is 0 Å². The van der Waals surface area contributed by atoms with Gasteiger partial charge < -0.3 is 4.42 Å². The lowest BCUT2D eigenvalue weighted by molar-refractivity contribution is 0.602. The van der Waals surface area contributed by atoms with Gasteiger partial charge in [-0.3, -0.25) is 0 Å². The van der Waals surface area contributed by atoms with Crippen molar-refractivity contribution < 1.29 is 8.81 Å². The number of furan rings is 1. The molecular formula is C16H10BrFO. The molecule has 2 aromatic carbocycles. The summed E-state index contributed by atoms with van der Waals surface area (Å²) >= 11 is 3.53. The summed E-state index contributed by atoms with van der Waals surface area (Å²) in [5.74, 6) is 0.521. The van der Waals surface area contributed by atoms with Crippen molar-refractivity contribution in [1.82, 2.24) is 0 Å². The normalized spacial score (nSPS) is 11.5. The predicted octanol–water partition coefficient (Wildman–Crippen LogP) is 5.50. The Hall–Kier alpha value is -1.87. The zero-order valence-corrected chi connectivity index (χ0v) is 11.5. The van der Waals surface area contributed by atoms with Gasteiger partial charge in [0.25, 0.3) is 0 Å². The molecule has 0 bridgehead atoms. The highest BCUT2D eigenvalue weighted by molar-refractivity contribution is 9.10.